The summed E-state index contributed by atoms with van der Waals surface area (Å²) in [6.07, 6.45) is 0.176. The van der Waals surface area contributed by atoms with Gasteiger partial charge in [-0.25, -0.2) is 4.39 Å². The number of benzene rings is 2. The van der Waals surface area contributed by atoms with Gasteiger partial charge in [-0.15, -0.1) is 10.2 Å². The Labute approximate surface area is 177 Å². The van der Waals surface area contributed by atoms with Crippen molar-refractivity contribution in [2.24, 2.45) is 0 Å². The zero-order valence-electron chi connectivity index (χ0n) is 16.2. The molecule has 1 fully saturated rings. The maximum absolute atomic E-state index is 13.7. The van der Waals surface area contributed by atoms with Crippen LogP contribution in [0.4, 0.5) is 20.9 Å². The molecular weight excluding hydrogens is 409 g/mol. The van der Waals surface area contributed by atoms with Crippen molar-refractivity contribution < 1.29 is 14.4 Å². The number of para-hydroxylation sites is 1. The van der Waals surface area contributed by atoms with E-state index in [4.69, 9.17) is 4.74 Å². The molecule has 1 saturated heterocycles. The molecule has 1 aliphatic heterocycles. The summed E-state index contributed by atoms with van der Waals surface area (Å²) in [7, 11) is 4.07. The van der Waals surface area contributed by atoms with Gasteiger partial charge >= 0.3 is 0 Å². The first kappa shape index (κ1) is 20.1. The number of ether oxygens (including phenoxy) is 1. The predicted octanol–water partition coefficient (Wildman–Crippen LogP) is 3.24. The molecule has 3 aromatic rings. The lowest BCUT2D eigenvalue weighted by atomic mass is 10.2. The maximum Gasteiger partial charge on any atom is 0.217 e. The Hall–Kier alpha value is -2.20. The monoisotopic (exact) mass is 432 g/mol. The molecule has 1 aromatic heterocycles. The van der Waals surface area contributed by atoms with Crippen molar-refractivity contribution in [3.05, 3.63) is 59.9 Å². The van der Waals surface area contributed by atoms with E-state index in [2.05, 4.69) is 50.0 Å². The number of nitrogens with zero attached hydrogens (tertiary/aromatic N) is 3. The van der Waals surface area contributed by atoms with E-state index in [1.54, 1.807) is 30.0 Å². The van der Waals surface area contributed by atoms with Crippen molar-refractivity contribution in [3.63, 3.8) is 0 Å². The van der Waals surface area contributed by atoms with E-state index < -0.39 is 0 Å². The summed E-state index contributed by atoms with van der Waals surface area (Å²) in [6, 6.07) is 15.0. The lowest BCUT2D eigenvalue weighted by Crippen LogP contribution is -2.82. The number of rotatable bonds is 7. The lowest BCUT2D eigenvalue weighted by molar-refractivity contribution is -0.697. The molecule has 3 N–H and O–H groups in total. The van der Waals surface area contributed by atoms with Crippen LogP contribution in [0, 0.1) is 5.82 Å². The number of nitrogens with one attached hydrogen (secondary N) is 1. The minimum Gasteiger partial charge on any atom is -0.378 e. The van der Waals surface area contributed by atoms with E-state index in [0.29, 0.717) is 10.8 Å². The van der Waals surface area contributed by atoms with Crippen LogP contribution >= 0.6 is 23.1 Å². The Kier molecular flexibility index (Phi) is 6.29. The minimum atomic E-state index is -0.309. The molecule has 0 amide bonds. The van der Waals surface area contributed by atoms with Crippen LogP contribution in [-0.2, 0) is 4.74 Å². The van der Waals surface area contributed by atoms with Crippen molar-refractivity contribution in [2.45, 2.75) is 16.7 Å². The molecule has 0 spiro atoms. The Bertz CT molecular complexity index is 950. The number of aromatic nitrogens is 2. The zero-order chi connectivity index (χ0) is 20.2. The van der Waals surface area contributed by atoms with E-state index in [9.17, 15) is 4.39 Å². The molecule has 152 valence electrons. The Morgan fingerprint density at radius 3 is 2.76 bits per heavy atom. The summed E-state index contributed by atoms with van der Waals surface area (Å²) in [4.78, 5) is 2.08. The van der Waals surface area contributed by atoms with Crippen molar-refractivity contribution >= 4 is 39.6 Å². The van der Waals surface area contributed by atoms with Gasteiger partial charge in [0.2, 0.25) is 11.4 Å². The molecule has 4 rings (SSSR count). The molecule has 0 bridgehead atoms. The van der Waals surface area contributed by atoms with Gasteiger partial charge in [0.1, 0.15) is 18.5 Å². The van der Waals surface area contributed by atoms with Gasteiger partial charge in [-0.3, -0.25) is 0 Å². The fourth-order valence-corrected chi connectivity index (χ4v) is 4.85. The van der Waals surface area contributed by atoms with Gasteiger partial charge < -0.3 is 20.3 Å². The lowest BCUT2D eigenvalue weighted by Gasteiger charge is -2.14. The highest BCUT2D eigenvalue weighted by atomic mass is 32.2. The largest absolute Gasteiger partial charge is 0.378 e. The number of thioether (sulfide) groups is 1. The first-order chi connectivity index (χ1) is 14.1. The molecule has 0 aliphatic carbocycles. The topological polar surface area (TPSA) is 66.9 Å². The van der Waals surface area contributed by atoms with Crippen molar-refractivity contribution in [2.75, 3.05) is 36.6 Å². The fraction of sp³-hybridized carbons (Fsp3) is 0.300. The minimum absolute atomic E-state index is 0.0320. The number of hydrogen-bond acceptors (Lipinski definition) is 7. The number of hydrogen-bond donors (Lipinski definition) is 2. The second-order valence-corrected chi connectivity index (χ2v) is 9.17. The van der Waals surface area contributed by atoms with E-state index in [0.717, 1.165) is 16.6 Å². The van der Waals surface area contributed by atoms with Gasteiger partial charge in [-0.1, -0.05) is 35.2 Å². The third kappa shape index (κ3) is 5.05. The first-order valence-corrected chi connectivity index (χ1v) is 11.1. The van der Waals surface area contributed by atoms with E-state index >= 15 is 0 Å². The van der Waals surface area contributed by atoms with E-state index in [1.807, 2.05) is 14.1 Å². The third-order valence-electron chi connectivity index (χ3n) is 4.60. The fourth-order valence-electron chi connectivity index (χ4n) is 3.04. The third-order valence-corrected chi connectivity index (χ3v) is 6.71. The zero-order valence-corrected chi connectivity index (χ0v) is 17.8. The van der Waals surface area contributed by atoms with Crippen LogP contribution in [0.15, 0.2) is 52.9 Å². The van der Waals surface area contributed by atoms with Crippen LogP contribution in [0.5, 0.6) is 0 Å². The molecule has 0 radical (unpaired) electrons. The van der Waals surface area contributed by atoms with Crippen LogP contribution in [0.3, 0.4) is 0 Å². The number of halogens is 1. The Balaban J connectivity index is 1.28. The average Bonchev–Trinajstić information content (AvgIpc) is 3.38. The summed E-state index contributed by atoms with van der Waals surface area (Å²) < 4.78 is 20.8. The van der Waals surface area contributed by atoms with Crippen LogP contribution in [0.25, 0.3) is 0 Å². The van der Waals surface area contributed by atoms with Crippen LogP contribution in [0.2, 0.25) is 0 Å². The highest BCUT2D eigenvalue weighted by Gasteiger charge is 2.30. The SMILES string of the molecule is CN(C)c1ccc([C@H]2[NH2+]C[C@H](CSc3nnc(Nc4ccccc4F)s3)O2)cc1. The van der Waals surface area contributed by atoms with Crippen LogP contribution in [-0.4, -0.2) is 42.7 Å². The smallest absolute Gasteiger partial charge is 0.217 e. The number of quaternary nitrogens is 1. The second kappa shape index (κ2) is 9.08. The Morgan fingerprint density at radius 2 is 2.00 bits per heavy atom. The molecular formula is C20H23FN5OS2+. The normalized spacial score (nSPS) is 18.7. The molecule has 2 aromatic carbocycles. The standard InChI is InChI=1S/C20H22FN5OS2/c1-26(2)14-9-7-13(8-10-14)18-22-11-15(27-18)12-28-20-25-24-19(29-20)23-17-6-4-3-5-16(17)21/h3-10,15,18,22H,11-12H2,1-2H3,(H,23,24)/p+1/t15-,18+/m1/s1. The molecule has 9 heteroatoms. The van der Waals surface area contributed by atoms with Gasteiger partial charge in [0.05, 0.1) is 5.69 Å². The highest BCUT2D eigenvalue weighted by molar-refractivity contribution is 8.01. The molecule has 2 heterocycles. The molecule has 29 heavy (non-hydrogen) atoms. The summed E-state index contributed by atoms with van der Waals surface area (Å²) in [5.41, 5.74) is 2.75. The van der Waals surface area contributed by atoms with Gasteiger partial charge in [0.15, 0.2) is 4.34 Å². The van der Waals surface area contributed by atoms with E-state index in [1.165, 1.54) is 28.7 Å². The van der Waals surface area contributed by atoms with Crippen LogP contribution in [0.1, 0.15) is 11.8 Å². The number of anilines is 3. The van der Waals surface area contributed by atoms with Gasteiger partial charge in [-0.2, -0.15) is 0 Å². The predicted molar refractivity (Wildman–Crippen MR) is 115 cm³/mol. The summed E-state index contributed by atoms with van der Waals surface area (Å²) in [6.45, 7) is 0.909. The average molecular weight is 433 g/mol. The first-order valence-electron chi connectivity index (χ1n) is 9.32. The quantitative estimate of drug-likeness (QED) is 0.559. The van der Waals surface area contributed by atoms with Crippen molar-refractivity contribution in [3.8, 4) is 0 Å². The van der Waals surface area contributed by atoms with Crippen LogP contribution < -0.4 is 15.5 Å². The van der Waals surface area contributed by atoms with Gasteiger partial charge in [-0.05, 0) is 36.4 Å². The molecule has 0 unspecified atom stereocenters. The van der Waals surface area contributed by atoms with Crippen molar-refractivity contribution in [1.29, 1.82) is 0 Å². The highest BCUT2D eigenvalue weighted by Crippen LogP contribution is 2.30. The summed E-state index contributed by atoms with van der Waals surface area (Å²) >= 11 is 3.03. The molecule has 0 saturated carbocycles. The number of nitrogens with two attached hydrogens (primary N) is 1. The summed E-state index contributed by atoms with van der Waals surface area (Å²) in [5, 5.41) is 14.1. The molecule has 6 nitrogen and oxygen atoms in total. The van der Waals surface area contributed by atoms with Crippen molar-refractivity contribution in [1.82, 2.24) is 10.2 Å². The summed E-state index contributed by atoms with van der Waals surface area (Å²) in [5.74, 6) is 0.494. The van der Waals surface area contributed by atoms with Gasteiger partial charge in [0.25, 0.3) is 0 Å². The van der Waals surface area contributed by atoms with Gasteiger partial charge in [0, 0.05) is 31.1 Å². The molecule has 1 aliphatic rings. The second-order valence-electron chi connectivity index (χ2n) is 6.93. The Morgan fingerprint density at radius 1 is 1.21 bits per heavy atom. The molecule has 2 atom stereocenters. The van der Waals surface area contributed by atoms with E-state index in [-0.39, 0.29) is 18.1 Å². The maximum atomic E-state index is 13.7.